The van der Waals surface area contributed by atoms with Crippen molar-refractivity contribution >= 4 is 11.8 Å². The third-order valence-electron chi connectivity index (χ3n) is 4.43. The van der Waals surface area contributed by atoms with Crippen LogP contribution < -0.4 is 10.1 Å². The van der Waals surface area contributed by atoms with E-state index in [4.69, 9.17) is 4.74 Å². The lowest BCUT2D eigenvalue weighted by Gasteiger charge is -2.45. The molecule has 2 aliphatic heterocycles. The molecule has 0 aliphatic carbocycles. The number of nitrogens with zero attached hydrogens (tertiary/aromatic N) is 2. The average Bonchev–Trinajstić information content (AvgIpc) is 2.62. The van der Waals surface area contributed by atoms with Crippen molar-refractivity contribution in [3.8, 4) is 5.75 Å². The molecule has 1 unspecified atom stereocenters. The highest BCUT2D eigenvalue weighted by Gasteiger charge is 2.44. The summed E-state index contributed by atoms with van der Waals surface area (Å²) >= 11 is 0. The van der Waals surface area contributed by atoms with Gasteiger partial charge in [0.15, 0.2) is 0 Å². The highest BCUT2D eigenvalue weighted by molar-refractivity contribution is 5.98. The van der Waals surface area contributed by atoms with Gasteiger partial charge in [0.05, 0.1) is 17.7 Å². The number of hydrogen-bond acceptors (Lipinski definition) is 4. The van der Waals surface area contributed by atoms with Crippen LogP contribution in [0.4, 0.5) is 0 Å². The van der Waals surface area contributed by atoms with Gasteiger partial charge in [-0.05, 0) is 30.7 Å². The number of carbonyl (C=O) groups is 2. The summed E-state index contributed by atoms with van der Waals surface area (Å²) in [5, 5.41) is 2.95. The Labute approximate surface area is 139 Å². The molecule has 1 aromatic heterocycles. The zero-order valence-electron chi connectivity index (χ0n) is 13.1. The zero-order chi connectivity index (χ0) is 16.6. The van der Waals surface area contributed by atoms with Crippen LogP contribution in [0.5, 0.6) is 5.75 Å². The standard InChI is InChI=1S/C18H17N3O3/c22-16-14-6-1-2-7-15(14)24-18(20-16)8-4-10-21(12-18)17(23)13-5-3-9-19-11-13/h1-3,5-7,9,11H,4,8,10,12H2,(H,20,22). The number of aromatic nitrogens is 1. The number of para-hydroxylation sites is 1. The lowest BCUT2D eigenvalue weighted by Crippen LogP contribution is -2.64. The van der Waals surface area contributed by atoms with Gasteiger partial charge < -0.3 is 15.0 Å². The first-order valence-corrected chi connectivity index (χ1v) is 7.97. The monoisotopic (exact) mass is 323 g/mol. The highest BCUT2D eigenvalue weighted by Crippen LogP contribution is 2.32. The number of fused-ring (bicyclic) bond motifs is 1. The molecule has 0 saturated carbocycles. The second-order valence-corrected chi connectivity index (χ2v) is 6.12. The normalized spacial score (nSPS) is 22.5. The number of rotatable bonds is 1. The third kappa shape index (κ3) is 2.50. The van der Waals surface area contributed by atoms with Crippen molar-refractivity contribution in [2.75, 3.05) is 13.1 Å². The molecule has 24 heavy (non-hydrogen) atoms. The van der Waals surface area contributed by atoms with E-state index in [0.717, 1.165) is 6.42 Å². The second-order valence-electron chi connectivity index (χ2n) is 6.12. The number of benzene rings is 1. The molecular formula is C18H17N3O3. The predicted octanol–water partition coefficient (Wildman–Crippen LogP) is 1.84. The molecule has 1 spiro atoms. The van der Waals surface area contributed by atoms with Crippen LogP contribution in [-0.4, -0.2) is 40.5 Å². The topological polar surface area (TPSA) is 71.5 Å². The van der Waals surface area contributed by atoms with E-state index in [2.05, 4.69) is 10.3 Å². The van der Waals surface area contributed by atoms with Gasteiger partial charge in [0.2, 0.25) is 5.72 Å². The number of ether oxygens (including phenoxy) is 1. The molecule has 0 radical (unpaired) electrons. The van der Waals surface area contributed by atoms with E-state index >= 15 is 0 Å². The van der Waals surface area contributed by atoms with E-state index in [9.17, 15) is 9.59 Å². The third-order valence-corrected chi connectivity index (χ3v) is 4.43. The number of likely N-dealkylation sites (tertiary alicyclic amines) is 1. The van der Waals surface area contributed by atoms with Crippen molar-refractivity contribution in [1.82, 2.24) is 15.2 Å². The first-order chi connectivity index (χ1) is 11.7. The second kappa shape index (κ2) is 5.63. The summed E-state index contributed by atoms with van der Waals surface area (Å²) in [6, 6.07) is 10.6. The molecule has 1 aromatic carbocycles. The summed E-state index contributed by atoms with van der Waals surface area (Å²) in [5.41, 5.74) is 0.206. The van der Waals surface area contributed by atoms with Gasteiger partial charge in [-0.1, -0.05) is 12.1 Å². The van der Waals surface area contributed by atoms with Gasteiger partial charge in [-0.15, -0.1) is 0 Å². The van der Waals surface area contributed by atoms with Gasteiger partial charge in [0.1, 0.15) is 5.75 Å². The molecule has 3 heterocycles. The van der Waals surface area contributed by atoms with Crippen LogP contribution in [0.25, 0.3) is 0 Å². The van der Waals surface area contributed by atoms with Gasteiger partial charge >= 0.3 is 0 Å². The summed E-state index contributed by atoms with van der Waals surface area (Å²) in [6.07, 6.45) is 4.62. The van der Waals surface area contributed by atoms with Crippen LogP contribution in [-0.2, 0) is 0 Å². The molecule has 2 amide bonds. The number of carbonyl (C=O) groups excluding carboxylic acids is 2. The summed E-state index contributed by atoms with van der Waals surface area (Å²) in [7, 11) is 0. The minimum atomic E-state index is -0.860. The minimum Gasteiger partial charge on any atom is -0.465 e. The van der Waals surface area contributed by atoms with Crippen LogP contribution in [0.3, 0.4) is 0 Å². The Morgan fingerprint density at radius 3 is 2.96 bits per heavy atom. The Kier molecular flexibility index (Phi) is 3.45. The number of hydrogen-bond donors (Lipinski definition) is 1. The Morgan fingerprint density at radius 1 is 1.25 bits per heavy atom. The van der Waals surface area contributed by atoms with Crippen LogP contribution >= 0.6 is 0 Å². The maximum atomic E-state index is 12.7. The molecule has 2 aromatic rings. The molecule has 2 aliphatic rings. The Balaban J connectivity index is 1.59. The van der Waals surface area contributed by atoms with Gasteiger partial charge in [-0.2, -0.15) is 0 Å². The molecule has 1 N–H and O–H groups in total. The Hall–Kier alpha value is -2.89. The van der Waals surface area contributed by atoms with Crippen molar-refractivity contribution in [3.05, 3.63) is 59.9 Å². The van der Waals surface area contributed by atoms with E-state index in [0.29, 0.717) is 36.4 Å². The van der Waals surface area contributed by atoms with E-state index in [-0.39, 0.29) is 11.8 Å². The molecule has 0 bridgehead atoms. The van der Waals surface area contributed by atoms with Gasteiger partial charge in [0.25, 0.3) is 11.8 Å². The Morgan fingerprint density at radius 2 is 2.12 bits per heavy atom. The molecule has 6 nitrogen and oxygen atoms in total. The lowest BCUT2D eigenvalue weighted by atomic mass is 9.97. The number of nitrogens with one attached hydrogen (secondary N) is 1. The fraction of sp³-hybridized carbons (Fsp3) is 0.278. The number of piperidine rings is 1. The molecule has 1 fully saturated rings. The van der Waals surface area contributed by atoms with Gasteiger partial charge in [-0.25, -0.2) is 0 Å². The molecule has 6 heteroatoms. The molecule has 1 saturated heterocycles. The molecule has 4 rings (SSSR count). The van der Waals surface area contributed by atoms with E-state index in [1.165, 1.54) is 0 Å². The summed E-state index contributed by atoms with van der Waals surface area (Å²) in [4.78, 5) is 30.8. The highest BCUT2D eigenvalue weighted by atomic mass is 16.5. The van der Waals surface area contributed by atoms with Crippen molar-refractivity contribution in [2.24, 2.45) is 0 Å². The van der Waals surface area contributed by atoms with E-state index in [1.54, 1.807) is 47.6 Å². The SMILES string of the molecule is O=C1NC2(CCCN(C(=O)c3cccnc3)C2)Oc2ccccc21. The number of pyridine rings is 1. The summed E-state index contributed by atoms with van der Waals surface area (Å²) in [6.45, 7) is 0.956. The fourth-order valence-corrected chi connectivity index (χ4v) is 3.31. The van der Waals surface area contributed by atoms with Crippen LogP contribution in [0.15, 0.2) is 48.8 Å². The average molecular weight is 323 g/mol. The largest absolute Gasteiger partial charge is 0.465 e. The van der Waals surface area contributed by atoms with Gasteiger partial charge in [0, 0.05) is 25.4 Å². The van der Waals surface area contributed by atoms with Crippen molar-refractivity contribution in [1.29, 1.82) is 0 Å². The predicted molar refractivity (Wildman–Crippen MR) is 86.6 cm³/mol. The quantitative estimate of drug-likeness (QED) is 0.869. The Bertz CT molecular complexity index is 793. The van der Waals surface area contributed by atoms with E-state index < -0.39 is 5.72 Å². The van der Waals surface area contributed by atoms with Crippen LogP contribution in [0, 0.1) is 0 Å². The molecule has 1 atom stereocenters. The summed E-state index contributed by atoms with van der Waals surface area (Å²) in [5.74, 6) is 0.309. The summed E-state index contributed by atoms with van der Waals surface area (Å²) < 4.78 is 6.11. The maximum absolute atomic E-state index is 12.7. The number of amides is 2. The minimum absolute atomic E-state index is 0.0983. The van der Waals surface area contributed by atoms with Gasteiger partial charge in [-0.3, -0.25) is 14.6 Å². The maximum Gasteiger partial charge on any atom is 0.258 e. The van der Waals surface area contributed by atoms with Crippen LogP contribution in [0.2, 0.25) is 0 Å². The van der Waals surface area contributed by atoms with Crippen molar-refractivity contribution < 1.29 is 14.3 Å². The lowest BCUT2D eigenvalue weighted by molar-refractivity contribution is -0.0314. The van der Waals surface area contributed by atoms with Crippen LogP contribution in [0.1, 0.15) is 33.6 Å². The fourth-order valence-electron chi connectivity index (χ4n) is 3.31. The first-order valence-electron chi connectivity index (χ1n) is 7.97. The van der Waals surface area contributed by atoms with Crippen molar-refractivity contribution in [2.45, 2.75) is 18.6 Å². The van der Waals surface area contributed by atoms with Crippen molar-refractivity contribution in [3.63, 3.8) is 0 Å². The molecule has 122 valence electrons. The zero-order valence-corrected chi connectivity index (χ0v) is 13.1. The van der Waals surface area contributed by atoms with E-state index in [1.807, 2.05) is 6.07 Å². The smallest absolute Gasteiger partial charge is 0.258 e. The molecular weight excluding hydrogens is 306 g/mol. The first kappa shape index (κ1) is 14.7.